The third kappa shape index (κ3) is 6.11. The third-order valence-corrected chi connectivity index (χ3v) is 6.53. The topological polar surface area (TPSA) is 52.6 Å². The molecule has 2 unspecified atom stereocenters. The molecule has 0 saturated heterocycles. The van der Waals surface area contributed by atoms with Gasteiger partial charge in [-0.2, -0.15) is 0 Å². The Morgan fingerprint density at radius 1 is 0.719 bits per heavy atom. The molecule has 4 nitrogen and oxygen atoms in total. The predicted octanol–water partition coefficient (Wildman–Crippen LogP) is 7.70. The van der Waals surface area contributed by atoms with Crippen LogP contribution in [0.4, 0.5) is 0 Å². The Kier molecular flexibility index (Phi) is 10.2. The Hall–Kier alpha value is -2.36. The number of hydrogen-bond acceptors (Lipinski definition) is 4. The first-order valence-corrected chi connectivity index (χ1v) is 12.3. The molecule has 0 N–H and O–H groups in total. The number of rotatable bonds is 12. The number of benzene rings is 2. The van der Waals surface area contributed by atoms with Crippen LogP contribution in [0.2, 0.25) is 0 Å². The first-order valence-electron chi connectivity index (χ1n) is 12.3. The number of unbranched alkanes of at least 4 members (excludes halogenated alkanes) is 2. The second-order valence-electron chi connectivity index (χ2n) is 8.79. The zero-order valence-electron chi connectivity index (χ0n) is 20.8. The maximum absolute atomic E-state index is 12.9. The average molecular weight is 441 g/mol. The summed E-state index contributed by atoms with van der Waals surface area (Å²) in [5.41, 5.74) is 1.68. The van der Waals surface area contributed by atoms with Crippen LogP contribution in [0.5, 0.6) is 11.5 Å². The summed E-state index contributed by atoms with van der Waals surface area (Å²) < 4.78 is 12.0. The van der Waals surface area contributed by atoms with E-state index in [1.54, 1.807) is 0 Å². The summed E-state index contributed by atoms with van der Waals surface area (Å²) in [6, 6.07) is 7.71. The highest BCUT2D eigenvalue weighted by atomic mass is 16.5. The van der Waals surface area contributed by atoms with Gasteiger partial charge >= 0.3 is 11.9 Å². The third-order valence-electron chi connectivity index (χ3n) is 6.53. The van der Waals surface area contributed by atoms with Crippen LogP contribution < -0.4 is 9.47 Å². The Labute approximate surface area is 193 Å². The minimum absolute atomic E-state index is 0.102. The van der Waals surface area contributed by atoms with Gasteiger partial charge in [-0.05, 0) is 50.7 Å². The number of esters is 2. The molecule has 2 rings (SSSR count). The van der Waals surface area contributed by atoms with E-state index in [0.29, 0.717) is 11.5 Å². The van der Waals surface area contributed by atoms with Crippen molar-refractivity contribution in [1.29, 1.82) is 0 Å². The van der Waals surface area contributed by atoms with E-state index in [1.165, 1.54) is 0 Å². The van der Waals surface area contributed by atoms with Crippen LogP contribution >= 0.6 is 0 Å². The summed E-state index contributed by atoms with van der Waals surface area (Å²) in [6.45, 7) is 12.2. The molecular formula is C28H40O4. The van der Waals surface area contributed by atoms with Gasteiger partial charge in [0.1, 0.15) is 11.5 Å². The van der Waals surface area contributed by atoms with Crippen molar-refractivity contribution in [2.45, 2.75) is 92.9 Å². The van der Waals surface area contributed by atoms with E-state index in [0.717, 1.165) is 73.3 Å². The molecule has 0 bridgehead atoms. The van der Waals surface area contributed by atoms with Gasteiger partial charge in [0.05, 0.1) is 11.8 Å². The number of carbonyl (C=O) groups is 2. The fourth-order valence-corrected chi connectivity index (χ4v) is 4.13. The van der Waals surface area contributed by atoms with Gasteiger partial charge in [-0.15, -0.1) is 0 Å². The molecule has 0 heterocycles. The number of ether oxygens (including phenoxy) is 2. The summed E-state index contributed by atoms with van der Waals surface area (Å²) in [5, 5.41) is 1.61. The SMILES string of the molecule is CCCCC(CC)C(=O)Oc1c(C)c(C)c(OC(=O)C(CC)CCCC)c2ccccc12. The average Bonchev–Trinajstić information content (AvgIpc) is 2.80. The van der Waals surface area contributed by atoms with Crippen molar-refractivity contribution in [2.75, 3.05) is 0 Å². The van der Waals surface area contributed by atoms with Gasteiger partial charge in [-0.3, -0.25) is 9.59 Å². The summed E-state index contributed by atoms with van der Waals surface area (Å²) in [7, 11) is 0. The van der Waals surface area contributed by atoms with Crippen molar-refractivity contribution in [2.24, 2.45) is 11.8 Å². The standard InChI is InChI=1S/C28H40O4/c1-7-11-15-21(9-3)27(29)31-25-19(5)20(6)26(24-18-14-13-17-23(24)25)32-28(30)22(10-4)16-12-8-2/h13-14,17-18,21-22H,7-12,15-16H2,1-6H3. The van der Waals surface area contributed by atoms with Gasteiger partial charge in [0, 0.05) is 10.8 Å². The highest BCUT2D eigenvalue weighted by molar-refractivity contribution is 5.98. The number of hydrogen-bond donors (Lipinski definition) is 0. The lowest BCUT2D eigenvalue weighted by atomic mass is 9.97. The van der Waals surface area contributed by atoms with Crippen LogP contribution in [-0.2, 0) is 9.59 Å². The number of fused-ring (bicyclic) bond motifs is 1. The first-order chi connectivity index (χ1) is 15.4. The normalized spacial score (nSPS) is 13.1. The smallest absolute Gasteiger partial charge is 0.314 e. The van der Waals surface area contributed by atoms with Gasteiger partial charge in [0.25, 0.3) is 0 Å². The van der Waals surface area contributed by atoms with Crippen molar-refractivity contribution in [3.63, 3.8) is 0 Å². The molecule has 4 heteroatoms. The van der Waals surface area contributed by atoms with Crippen molar-refractivity contribution in [3.05, 3.63) is 35.4 Å². The van der Waals surface area contributed by atoms with E-state index in [9.17, 15) is 9.59 Å². The lowest BCUT2D eigenvalue weighted by Gasteiger charge is -2.21. The van der Waals surface area contributed by atoms with Crippen LogP contribution in [0.3, 0.4) is 0 Å². The van der Waals surface area contributed by atoms with Crippen LogP contribution in [0.15, 0.2) is 24.3 Å². The molecule has 0 aliphatic heterocycles. The molecule has 0 fully saturated rings. The molecule has 2 aromatic carbocycles. The molecule has 176 valence electrons. The largest absolute Gasteiger partial charge is 0.425 e. The summed E-state index contributed by atoms with van der Waals surface area (Å²) in [4.78, 5) is 25.9. The number of carbonyl (C=O) groups excluding carboxylic acids is 2. The summed E-state index contributed by atoms with van der Waals surface area (Å²) >= 11 is 0. The van der Waals surface area contributed by atoms with Crippen molar-refractivity contribution < 1.29 is 19.1 Å². The second kappa shape index (κ2) is 12.6. The van der Waals surface area contributed by atoms with Crippen molar-refractivity contribution in [3.8, 4) is 11.5 Å². The fourth-order valence-electron chi connectivity index (χ4n) is 4.13. The molecule has 0 aromatic heterocycles. The molecule has 2 atom stereocenters. The van der Waals surface area contributed by atoms with Crippen molar-refractivity contribution >= 4 is 22.7 Å². The maximum atomic E-state index is 12.9. The minimum atomic E-state index is -0.177. The molecule has 2 aromatic rings. The van der Waals surface area contributed by atoms with Gasteiger partial charge in [0.15, 0.2) is 0 Å². The van der Waals surface area contributed by atoms with E-state index in [2.05, 4.69) is 13.8 Å². The van der Waals surface area contributed by atoms with Gasteiger partial charge in [0.2, 0.25) is 0 Å². The molecule has 0 aliphatic carbocycles. The predicted molar refractivity (Wildman–Crippen MR) is 131 cm³/mol. The molecule has 0 saturated carbocycles. The van der Waals surface area contributed by atoms with Crippen LogP contribution in [0.1, 0.15) is 90.2 Å². The highest BCUT2D eigenvalue weighted by Crippen LogP contribution is 2.41. The Bertz CT molecular complexity index is 841. The zero-order chi connectivity index (χ0) is 23.7. The lowest BCUT2D eigenvalue weighted by Crippen LogP contribution is -2.22. The van der Waals surface area contributed by atoms with Gasteiger partial charge < -0.3 is 9.47 Å². The minimum Gasteiger partial charge on any atom is -0.425 e. The maximum Gasteiger partial charge on any atom is 0.314 e. The van der Waals surface area contributed by atoms with Crippen LogP contribution in [-0.4, -0.2) is 11.9 Å². The van der Waals surface area contributed by atoms with E-state index in [4.69, 9.17) is 9.47 Å². The van der Waals surface area contributed by atoms with Crippen LogP contribution in [0.25, 0.3) is 10.8 Å². The lowest BCUT2D eigenvalue weighted by molar-refractivity contribution is -0.140. The van der Waals surface area contributed by atoms with E-state index >= 15 is 0 Å². The van der Waals surface area contributed by atoms with Crippen LogP contribution in [0, 0.1) is 25.7 Å². The van der Waals surface area contributed by atoms with Gasteiger partial charge in [-0.1, -0.05) is 77.6 Å². The van der Waals surface area contributed by atoms with E-state index in [1.807, 2.05) is 52.0 Å². The highest BCUT2D eigenvalue weighted by Gasteiger charge is 2.25. The van der Waals surface area contributed by atoms with E-state index in [-0.39, 0.29) is 23.8 Å². The monoisotopic (exact) mass is 440 g/mol. The molecule has 32 heavy (non-hydrogen) atoms. The fraction of sp³-hybridized carbons (Fsp3) is 0.571. The summed E-state index contributed by atoms with van der Waals surface area (Å²) in [5.74, 6) is 0.601. The van der Waals surface area contributed by atoms with Gasteiger partial charge in [-0.25, -0.2) is 0 Å². The first kappa shape index (κ1) is 25.9. The van der Waals surface area contributed by atoms with E-state index < -0.39 is 0 Å². The molecular weight excluding hydrogens is 400 g/mol. The molecule has 0 aliphatic rings. The Morgan fingerprint density at radius 2 is 1.09 bits per heavy atom. The zero-order valence-corrected chi connectivity index (χ0v) is 20.8. The second-order valence-corrected chi connectivity index (χ2v) is 8.79. The molecule has 0 amide bonds. The molecule has 0 spiro atoms. The Morgan fingerprint density at radius 3 is 1.41 bits per heavy atom. The quantitative estimate of drug-likeness (QED) is 0.251. The summed E-state index contributed by atoms with van der Waals surface area (Å²) in [6.07, 6.45) is 7.35. The Balaban J connectivity index is 2.43. The van der Waals surface area contributed by atoms with Crippen molar-refractivity contribution in [1.82, 2.24) is 0 Å². The molecule has 0 radical (unpaired) electrons.